The lowest BCUT2D eigenvalue weighted by Gasteiger charge is -2.11. The molecule has 0 aromatic heterocycles. The Morgan fingerprint density at radius 1 is 1.37 bits per heavy atom. The normalized spacial score (nSPS) is 10.3. The highest BCUT2D eigenvalue weighted by Crippen LogP contribution is 2.14. The molecule has 5 nitrogen and oxygen atoms in total. The fraction of sp³-hybridized carbons (Fsp3) is 0.500. The van der Waals surface area contributed by atoms with Gasteiger partial charge in [0, 0.05) is 20.1 Å². The van der Waals surface area contributed by atoms with Crippen molar-refractivity contribution >= 4 is 6.03 Å². The molecular formula is C14H23N3O2. The quantitative estimate of drug-likeness (QED) is 0.734. The number of hydrogen-bond acceptors (Lipinski definition) is 3. The van der Waals surface area contributed by atoms with Crippen molar-refractivity contribution in [2.45, 2.75) is 13.0 Å². The van der Waals surface area contributed by atoms with Gasteiger partial charge in [0.05, 0.1) is 6.61 Å². The molecule has 0 aliphatic rings. The molecule has 1 rings (SSSR count). The summed E-state index contributed by atoms with van der Waals surface area (Å²) in [5, 5.41) is 5.22. The maximum absolute atomic E-state index is 10.9. The maximum atomic E-state index is 10.9. The van der Waals surface area contributed by atoms with Gasteiger partial charge in [0.25, 0.3) is 0 Å². The van der Waals surface area contributed by atoms with E-state index in [1.807, 2.05) is 32.3 Å². The van der Waals surface area contributed by atoms with Crippen LogP contribution in [0.2, 0.25) is 0 Å². The molecular weight excluding hydrogens is 242 g/mol. The first-order chi connectivity index (χ1) is 9.11. The number of urea groups is 1. The minimum absolute atomic E-state index is 0.159. The second-order valence-electron chi connectivity index (χ2n) is 4.59. The van der Waals surface area contributed by atoms with Crippen LogP contribution < -0.4 is 15.4 Å². The SMILES string of the molecule is CNC(=O)NCCCOc1cccc(CN(C)C)c1. The fourth-order valence-corrected chi connectivity index (χ4v) is 1.65. The van der Waals surface area contributed by atoms with Crippen molar-refractivity contribution < 1.29 is 9.53 Å². The van der Waals surface area contributed by atoms with Crippen LogP contribution in [0.5, 0.6) is 5.75 Å². The van der Waals surface area contributed by atoms with Gasteiger partial charge in [-0.15, -0.1) is 0 Å². The van der Waals surface area contributed by atoms with Crippen LogP contribution in [-0.2, 0) is 6.54 Å². The van der Waals surface area contributed by atoms with Crippen LogP contribution >= 0.6 is 0 Å². The minimum atomic E-state index is -0.159. The number of hydrogen-bond donors (Lipinski definition) is 2. The Morgan fingerprint density at radius 3 is 2.84 bits per heavy atom. The summed E-state index contributed by atoms with van der Waals surface area (Å²) in [7, 11) is 5.68. The van der Waals surface area contributed by atoms with E-state index in [4.69, 9.17) is 4.74 Å². The van der Waals surface area contributed by atoms with Crippen molar-refractivity contribution in [2.24, 2.45) is 0 Å². The third kappa shape index (κ3) is 6.67. The predicted octanol–water partition coefficient (Wildman–Crippen LogP) is 1.45. The fourth-order valence-electron chi connectivity index (χ4n) is 1.65. The number of amides is 2. The van der Waals surface area contributed by atoms with E-state index in [2.05, 4.69) is 21.6 Å². The van der Waals surface area contributed by atoms with E-state index in [-0.39, 0.29) is 6.03 Å². The van der Waals surface area contributed by atoms with Crippen LogP contribution in [0.25, 0.3) is 0 Å². The molecule has 0 fully saturated rings. The second kappa shape index (κ2) is 8.37. The summed E-state index contributed by atoms with van der Waals surface area (Å²) in [5.41, 5.74) is 1.23. The standard InChI is InChI=1S/C14H23N3O2/c1-15-14(18)16-8-5-9-19-13-7-4-6-12(10-13)11-17(2)3/h4,6-7,10H,5,8-9,11H2,1-3H3,(H2,15,16,18). The molecule has 0 aliphatic heterocycles. The Kier molecular flexibility index (Phi) is 6.74. The zero-order chi connectivity index (χ0) is 14.1. The summed E-state index contributed by atoms with van der Waals surface area (Å²) >= 11 is 0. The lowest BCUT2D eigenvalue weighted by molar-refractivity contribution is 0.241. The lowest BCUT2D eigenvalue weighted by Crippen LogP contribution is -2.33. The van der Waals surface area contributed by atoms with Crippen molar-refractivity contribution in [3.63, 3.8) is 0 Å². The highest BCUT2D eigenvalue weighted by Gasteiger charge is 1.99. The largest absolute Gasteiger partial charge is 0.494 e. The summed E-state index contributed by atoms with van der Waals surface area (Å²) in [6, 6.07) is 7.92. The summed E-state index contributed by atoms with van der Waals surface area (Å²) in [4.78, 5) is 13.0. The van der Waals surface area contributed by atoms with E-state index in [0.29, 0.717) is 13.2 Å². The highest BCUT2D eigenvalue weighted by atomic mass is 16.5. The van der Waals surface area contributed by atoms with Gasteiger partial charge >= 0.3 is 6.03 Å². The molecule has 1 aromatic rings. The van der Waals surface area contributed by atoms with Crippen LogP contribution in [0.15, 0.2) is 24.3 Å². The van der Waals surface area contributed by atoms with Gasteiger partial charge in [-0.1, -0.05) is 12.1 Å². The molecule has 0 saturated carbocycles. The van der Waals surface area contributed by atoms with E-state index in [1.165, 1.54) is 5.56 Å². The molecule has 0 saturated heterocycles. The highest BCUT2D eigenvalue weighted by molar-refractivity contribution is 5.73. The van der Waals surface area contributed by atoms with Gasteiger partial charge in [-0.2, -0.15) is 0 Å². The number of ether oxygens (including phenoxy) is 1. The van der Waals surface area contributed by atoms with Crippen molar-refractivity contribution in [2.75, 3.05) is 34.3 Å². The number of carbonyl (C=O) groups excluding carboxylic acids is 1. The van der Waals surface area contributed by atoms with Gasteiger partial charge in [-0.05, 0) is 38.2 Å². The third-order valence-electron chi connectivity index (χ3n) is 2.50. The number of benzene rings is 1. The third-order valence-corrected chi connectivity index (χ3v) is 2.50. The number of nitrogens with one attached hydrogen (secondary N) is 2. The maximum Gasteiger partial charge on any atom is 0.314 e. The van der Waals surface area contributed by atoms with Gasteiger partial charge in [0.15, 0.2) is 0 Å². The summed E-state index contributed by atoms with van der Waals surface area (Å²) in [6.07, 6.45) is 0.783. The molecule has 0 atom stereocenters. The van der Waals surface area contributed by atoms with Crippen LogP contribution in [-0.4, -0.2) is 45.2 Å². The van der Waals surface area contributed by atoms with Crippen molar-refractivity contribution in [1.82, 2.24) is 15.5 Å². The smallest absolute Gasteiger partial charge is 0.314 e. The first kappa shape index (κ1) is 15.3. The molecule has 0 spiro atoms. The Morgan fingerprint density at radius 2 is 2.16 bits per heavy atom. The summed E-state index contributed by atoms with van der Waals surface area (Å²) in [5.74, 6) is 0.874. The Hall–Kier alpha value is -1.75. The Balaban J connectivity index is 2.27. The van der Waals surface area contributed by atoms with E-state index in [0.717, 1.165) is 18.7 Å². The van der Waals surface area contributed by atoms with Crippen molar-refractivity contribution in [3.05, 3.63) is 29.8 Å². The molecule has 5 heteroatoms. The Labute approximate surface area is 114 Å². The minimum Gasteiger partial charge on any atom is -0.494 e. The summed E-state index contributed by atoms with van der Waals surface area (Å²) < 4.78 is 5.65. The van der Waals surface area contributed by atoms with Gasteiger partial charge in [-0.3, -0.25) is 0 Å². The lowest BCUT2D eigenvalue weighted by atomic mass is 10.2. The molecule has 0 heterocycles. The molecule has 0 bridgehead atoms. The molecule has 0 aliphatic carbocycles. The van der Waals surface area contributed by atoms with Crippen LogP contribution in [0.4, 0.5) is 4.79 Å². The summed E-state index contributed by atoms with van der Waals surface area (Å²) in [6.45, 7) is 2.10. The van der Waals surface area contributed by atoms with Crippen LogP contribution in [0, 0.1) is 0 Å². The van der Waals surface area contributed by atoms with Crippen molar-refractivity contribution in [3.8, 4) is 5.75 Å². The average molecular weight is 265 g/mol. The topological polar surface area (TPSA) is 53.6 Å². The molecule has 19 heavy (non-hydrogen) atoms. The second-order valence-corrected chi connectivity index (χ2v) is 4.59. The molecule has 0 unspecified atom stereocenters. The molecule has 2 N–H and O–H groups in total. The van der Waals surface area contributed by atoms with Gasteiger partial charge < -0.3 is 20.3 Å². The van der Waals surface area contributed by atoms with Crippen molar-refractivity contribution in [1.29, 1.82) is 0 Å². The zero-order valence-electron chi connectivity index (χ0n) is 11.9. The Bertz CT molecular complexity index is 394. The van der Waals surface area contributed by atoms with E-state index >= 15 is 0 Å². The monoisotopic (exact) mass is 265 g/mol. The van der Waals surface area contributed by atoms with E-state index in [1.54, 1.807) is 7.05 Å². The van der Waals surface area contributed by atoms with Crippen LogP contribution in [0.3, 0.4) is 0 Å². The van der Waals surface area contributed by atoms with Gasteiger partial charge in [0.2, 0.25) is 0 Å². The molecule has 2 amide bonds. The molecule has 1 aromatic carbocycles. The number of nitrogens with zero attached hydrogens (tertiary/aromatic N) is 1. The molecule has 0 radical (unpaired) electrons. The van der Waals surface area contributed by atoms with Gasteiger partial charge in [0.1, 0.15) is 5.75 Å². The predicted molar refractivity (Wildman–Crippen MR) is 76.4 cm³/mol. The number of carbonyl (C=O) groups is 1. The first-order valence-electron chi connectivity index (χ1n) is 6.44. The number of rotatable bonds is 7. The van der Waals surface area contributed by atoms with E-state index in [9.17, 15) is 4.79 Å². The van der Waals surface area contributed by atoms with Gasteiger partial charge in [-0.25, -0.2) is 4.79 Å². The average Bonchev–Trinajstić information content (AvgIpc) is 2.37. The van der Waals surface area contributed by atoms with E-state index < -0.39 is 0 Å². The molecule has 106 valence electrons. The first-order valence-corrected chi connectivity index (χ1v) is 6.44. The zero-order valence-corrected chi connectivity index (χ0v) is 11.9. The van der Waals surface area contributed by atoms with Crippen LogP contribution in [0.1, 0.15) is 12.0 Å².